The highest BCUT2D eigenvalue weighted by Gasteiger charge is 2.19. The molecule has 0 aromatic carbocycles. The van der Waals surface area contributed by atoms with Gasteiger partial charge >= 0.3 is 17.9 Å². The lowest BCUT2D eigenvalue weighted by atomic mass is 10.0. The first kappa shape index (κ1) is 59.6. The zero-order valence-electron chi connectivity index (χ0n) is 41.4. The number of hydrogen-bond donors (Lipinski definition) is 0. The lowest BCUT2D eigenvalue weighted by molar-refractivity contribution is -0.167. The minimum Gasteiger partial charge on any atom is -0.462 e. The quantitative estimate of drug-likeness (QED) is 0.0262. The number of rotatable bonds is 49. The molecule has 0 fully saturated rings. The van der Waals surface area contributed by atoms with Crippen molar-refractivity contribution in [3.63, 3.8) is 0 Å². The first-order valence-corrected chi connectivity index (χ1v) is 27.0. The molecule has 6 nitrogen and oxygen atoms in total. The zero-order chi connectivity index (χ0) is 45.1. The summed E-state index contributed by atoms with van der Waals surface area (Å²) < 4.78 is 16.8. The third-order valence-electron chi connectivity index (χ3n) is 11.8. The van der Waals surface area contributed by atoms with Gasteiger partial charge in [0.15, 0.2) is 6.10 Å². The van der Waals surface area contributed by atoms with Gasteiger partial charge in [0.05, 0.1) is 0 Å². The van der Waals surface area contributed by atoms with Gasteiger partial charge in [-0.3, -0.25) is 14.4 Å². The van der Waals surface area contributed by atoms with Crippen molar-refractivity contribution in [2.24, 2.45) is 0 Å². The van der Waals surface area contributed by atoms with Crippen molar-refractivity contribution in [1.29, 1.82) is 0 Å². The number of carbonyl (C=O) groups is 3. The minimum atomic E-state index is -0.774. The van der Waals surface area contributed by atoms with Crippen LogP contribution >= 0.6 is 0 Å². The predicted octanol–water partition coefficient (Wildman–Crippen LogP) is 17.7. The highest BCUT2D eigenvalue weighted by molar-refractivity contribution is 5.71. The van der Waals surface area contributed by atoms with Gasteiger partial charge in [-0.2, -0.15) is 0 Å². The lowest BCUT2D eigenvalue weighted by Gasteiger charge is -2.18. The fourth-order valence-corrected chi connectivity index (χ4v) is 7.77. The Morgan fingerprint density at radius 2 is 0.613 bits per heavy atom. The van der Waals surface area contributed by atoms with E-state index < -0.39 is 6.10 Å². The van der Waals surface area contributed by atoms with Crippen molar-refractivity contribution in [3.05, 3.63) is 36.5 Å². The molecule has 362 valence electrons. The fraction of sp³-hybridized carbons (Fsp3) is 0.839. The molecule has 0 radical (unpaired) electrons. The maximum atomic E-state index is 12.8. The molecule has 0 aliphatic heterocycles. The summed E-state index contributed by atoms with van der Waals surface area (Å²) in [6.45, 7) is 6.57. The molecule has 0 rings (SSSR count). The molecule has 0 aromatic rings. The first-order valence-electron chi connectivity index (χ1n) is 27.0. The standard InChI is InChI=1S/C56H102O6/c1-4-7-10-13-16-19-22-24-26-28-30-32-34-37-40-43-46-49-55(58)61-52-53(51-60-54(57)48-45-42-39-36-21-18-15-12-9-6-3)62-56(59)50-47-44-41-38-35-33-31-29-27-25-23-20-17-14-11-8-5-2/h12,15-16,19,24,26,53H,4-11,13-14,17-18,20-23,25,27-52H2,1-3H3/b15-12-,19-16-,26-24-. The molecule has 0 aromatic heterocycles. The third kappa shape index (κ3) is 48.7. The summed E-state index contributed by atoms with van der Waals surface area (Å²) in [5.41, 5.74) is 0. The Kier molecular flexibility index (Phi) is 49.3. The van der Waals surface area contributed by atoms with Gasteiger partial charge in [0.1, 0.15) is 13.2 Å². The van der Waals surface area contributed by atoms with E-state index in [9.17, 15) is 14.4 Å². The summed E-state index contributed by atoms with van der Waals surface area (Å²) in [5.74, 6) is -0.881. The van der Waals surface area contributed by atoms with E-state index in [2.05, 4.69) is 57.2 Å². The number of ether oxygens (including phenoxy) is 3. The second kappa shape index (κ2) is 51.3. The Morgan fingerprint density at radius 1 is 0.323 bits per heavy atom. The molecule has 0 bridgehead atoms. The number of hydrogen-bond acceptors (Lipinski definition) is 6. The van der Waals surface area contributed by atoms with E-state index in [-0.39, 0.29) is 31.1 Å². The van der Waals surface area contributed by atoms with E-state index in [0.717, 1.165) is 83.5 Å². The molecule has 62 heavy (non-hydrogen) atoms. The Morgan fingerprint density at radius 3 is 1.00 bits per heavy atom. The molecule has 0 heterocycles. The monoisotopic (exact) mass is 871 g/mol. The van der Waals surface area contributed by atoms with Crippen LogP contribution in [-0.2, 0) is 28.6 Å². The number of esters is 3. The van der Waals surface area contributed by atoms with Crippen LogP contribution in [-0.4, -0.2) is 37.2 Å². The second-order valence-electron chi connectivity index (χ2n) is 18.1. The molecule has 1 unspecified atom stereocenters. The number of unbranched alkanes of at least 4 members (excludes halogenated alkanes) is 32. The minimum absolute atomic E-state index is 0.0761. The van der Waals surface area contributed by atoms with Crippen molar-refractivity contribution >= 4 is 17.9 Å². The third-order valence-corrected chi connectivity index (χ3v) is 11.8. The molecule has 0 N–H and O–H groups in total. The van der Waals surface area contributed by atoms with Crippen LogP contribution in [0.5, 0.6) is 0 Å². The van der Waals surface area contributed by atoms with E-state index >= 15 is 0 Å². The lowest BCUT2D eigenvalue weighted by Crippen LogP contribution is -2.30. The highest BCUT2D eigenvalue weighted by Crippen LogP contribution is 2.16. The van der Waals surface area contributed by atoms with Gasteiger partial charge < -0.3 is 14.2 Å². The molecule has 0 spiro atoms. The summed E-state index contributed by atoms with van der Waals surface area (Å²) in [5, 5.41) is 0. The van der Waals surface area contributed by atoms with Crippen molar-refractivity contribution in [2.45, 2.75) is 290 Å². The Hall–Kier alpha value is -2.37. The molecular weight excluding hydrogens is 769 g/mol. The first-order chi connectivity index (χ1) is 30.5. The summed E-state index contributed by atoms with van der Waals surface area (Å²) in [7, 11) is 0. The Balaban J connectivity index is 4.31. The van der Waals surface area contributed by atoms with Crippen LogP contribution in [0, 0.1) is 0 Å². The molecule has 0 aliphatic rings. The second-order valence-corrected chi connectivity index (χ2v) is 18.1. The van der Waals surface area contributed by atoms with E-state index in [1.807, 2.05) is 0 Å². The maximum Gasteiger partial charge on any atom is 0.306 e. The van der Waals surface area contributed by atoms with E-state index in [1.54, 1.807) is 0 Å². The van der Waals surface area contributed by atoms with Gasteiger partial charge in [0, 0.05) is 19.3 Å². The largest absolute Gasteiger partial charge is 0.462 e. The van der Waals surface area contributed by atoms with Crippen LogP contribution < -0.4 is 0 Å². The van der Waals surface area contributed by atoms with Gasteiger partial charge in [0.2, 0.25) is 0 Å². The van der Waals surface area contributed by atoms with Gasteiger partial charge in [-0.25, -0.2) is 0 Å². The topological polar surface area (TPSA) is 78.9 Å². The maximum absolute atomic E-state index is 12.8. The van der Waals surface area contributed by atoms with E-state index in [1.165, 1.54) is 161 Å². The average Bonchev–Trinajstić information content (AvgIpc) is 3.27. The molecule has 0 amide bonds. The van der Waals surface area contributed by atoms with Crippen LogP contribution in [0.3, 0.4) is 0 Å². The molecule has 0 aliphatic carbocycles. The summed E-state index contributed by atoms with van der Waals surface area (Å²) >= 11 is 0. The highest BCUT2D eigenvalue weighted by atomic mass is 16.6. The number of allylic oxidation sites excluding steroid dienone is 6. The van der Waals surface area contributed by atoms with Crippen LogP contribution in [0.1, 0.15) is 284 Å². The smallest absolute Gasteiger partial charge is 0.306 e. The van der Waals surface area contributed by atoms with Gasteiger partial charge in [-0.05, 0) is 70.6 Å². The van der Waals surface area contributed by atoms with Crippen molar-refractivity contribution < 1.29 is 28.6 Å². The van der Waals surface area contributed by atoms with Crippen LogP contribution in [0.25, 0.3) is 0 Å². The summed E-state index contributed by atoms with van der Waals surface area (Å²) in [6.07, 6.45) is 59.9. The van der Waals surface area contributed by atoms with Crippen LogP contribution in [0.2, 0.25) is 0 Å². The van der Waals surface area contributed by atoms with E-state index in [0.29, 0.717) is 19.3 Å². The molecule has 6 heteroatoms. The zero-order valence-corrected chi connectivity index (χ0v) is 41.4. The Bertz CT molecular complexity index is 1050. The molecule has 0 saturated carbocycles. The van der Waals surface area contributed by atoms with Gasteiger partial charge in [-0.15, -0.1) is 0 Å². The van der Waals surface area contributed by atoms with Gasteiger partial charge in [-0.1, -0.05) is 231 Å². The molecule has 1 atom stereocenters. The average molecular weight is 871 g/mol. The van der Waals surface area contributed by atoms with Gasteiger partial charge in [0.25, 0.3) is 0 Å². The number of carbonyl (C=O) groups excluding carboxylic acids is 3. The SMILES string of the molecule is CCC/C=C\CCCCCCCC(=O)OCC(COC(=O)CCCCCCCCC/C=C\C/C=C\CCCCC)OC(=O)CCCCCCCCCCCCCCCCCCC. The van der Waals surface area contributed by atoms with Crippen molar-refractivity contribution in [3.8, 4) is 0 Å². The molecule has 0 saturated heterocycles. The van der Waals surface area contributed by atoms with E-state index in [4.69, 9.17) is 14.2 Å². The van der Waals surface area contributed by atoms with Crippen LogP contribution in [0.15, 0.2) is 36.5 Å². The van der Waals surface area contributed by atoms with Crippen molar-refractivity contribution in [1.82, 2.24) is 0 Å². The Labute approximate surface area is 385 Å². The summed E-state index contributed by atoms with van der Waals surface area (Å²) in [6, 6.07) is 0. The van der Waals surface area contributed by atoms with Crippen LogP contribution in [0.4, 0.5) is 0 Å². The van der Waals surface area contributed by atoms with Crippen molar-refractivity contribution in [2.75, 3.05) is 13.2 Å². The fourth-order valence-electron chi connectivity index (χ4n) is 7.77. The summed E-state index contributed by atoms with van der Waals surface area (Å²) in [4.78, 5) is 38.0. The molecular formula is C56H102O6. The predicted molar refractivity (Wildman–Crippen MR) is 266 cm³/mol. The normalized spacial score (nSPS) is 12.2.